The number of hydrogen-bond donors (Lipinski definition) is 1. The van der Waals surface area contributed by atoms with Crippen LogP contribution >= 0.6 is 0 Å². The van der Waals surface area contributed by atoms with Gasteiger partial charge in [0.25, 0.3) is 0 Å². The van der Waals surface area contributed by atoms with Crippen LogP contribution in [0.1, 0.15) is 33.6 Å². The molecule has 0 aromatic carbocycles. The number of likely N-dealkylation sites (N-methyl/N-ethyl adjacent to an activating group) is 1. The van der Waals surface area contributed by atoms with Crippen molar-refractivity contribution in [1.29, 1.82) is 0 Å². The van der Waals surface area contributed by atoms with Gasteiger partial charge in [-0.05, 0) is 33.2 Å². The molecule has 0 aliphatic heterocycles. The van der Waals surface area contributed by atoms with E-state index in [4.69, 9.17) is 18.9 Å². The largest absolute Gasteiger partial charge is 0.465 e. The highest BCUT2D eigenvalue weighted by Crippen LogP contribution is 2.12. The summed E-state index contributed by atoms with van der Waals surface area (Å²) in [4.78, 5) is 11.9. The van der Waals surface area contributed by atoms with E-state index >= 15 is 0 Å². The topological polar surface area (TPSA) is 66.0 Å². The summed E-state index contributed by atoms with van der Waals surface area (Å²) in [5.74, 6) is -0.230. The van der Waals surface area contributed by atoms with Crippen molar-refractivity contribution >= 4 is 5.97 Å². The molecule has 0 aromatic heterocycles. The average molecular weight is 305 g/mol. The first-order chi connectivity index (χ1) is 10.1. The second-order valence-corrected chi connectivity index (χ2v) is 4.90. The van der Waals surface area contributed by atoms with Gasteiger partial charge in [-0.15, -0.1) is 0 Å². The highest BCUT2D eigenvalue weighted by Gasteiger charge is 2.33. The van der Waals surface area contributed by atoms with Gasteiger partial charge in [0.15, 0.2) is 0 Å². The Kier molecular flexibility index (Phi) is 12.6. The molecule has 0 bridgehead atoms. The number of carbonyl (C=O) groups is 1. The molecule has 6 heteroatoms. The first-order valence-corrected chi connectivity index (χ1v) is 7.67. The third-order valence-corrected chi connectivity index (χ3v) is 3.05. The summed E-state index contributed by atoms with van der Waals surface area (Å²) in [6.07, 6.45) is 1.46. The van der Waals surface area contributed by atoms with Crippen LogP contribution in [0, 0.1) is 0 Å². The van der Waals surface area contributed by atoms with E-state index < -0.39 is 5.54 Å². The van der Waals surface area contributed by atoms with Gasteiger partial charge in [0.2, 0.25) is 0 Å². The Morgan fingerprint density at radius 3 is 2.29 bits per heavy atom. The normalized spacial score (nSPS) is 13.9. The van der Waals surface area contributed by atoms with Crippen molar-refractivity contribution in [3.63, 3.8) is 0 Å². The minimum Gasteiger partial charge on any atom is -0.465 e. The number of methoxy groups -OCH3 is 1. The zero-order valence-electron chi connectivity index (χ0n) is 13.9. The number of esters is 1. The summed E-state index contributed by atoms with van der Waals surface area (Å²) in [6, 6.07) is 0. The number of rotatable bonds is 14. The molecular weight excluding hydrogens is 274 g/mol. The maximum absolute atomic E-state index is 11.9. The van der Waals surface area contributed by atoms with E-state index in [0.717, 1.165) is 6.42 Å². The molecule has 126 valence electrons. The summed E-state index contributed by atoms with van der Waals surface area (Å²) >= 11 is 0. The Labute approximate surface area is 128 Å². The Bertz CT molecular complexity index is 262. The predicted octanol–water partition coefficient (Wildman–Crippen LogP) is 1.38. The molecular formula is C15H31NO5. The van der Waals surface area contributed by atoms with Crippen molar-refractivity contribution in [2.45, 2.75) is 39.2 Å². The monoisotopic (exact) mass is 305 g/mol. The van der Waals surface area contributed by atoms with E-state index in [-0.39, 0.29) is 5.97 Å². The molecule has 0 aromatic rings. The Hall–Kier alpha value is -0.690. The number of nitrogens with one attached hydrogen (secondary N) is 1. The number of ether oxygens (including phenoxy) is 4. The van der Waals surface area contributed by atoms with Gasteiger partial charge in [-0.3, -0.25) is 4.79 Å². The fraction of sp³-hybridized carbons (Fsp3) is 0.933. The van der Waals surface area contributed by atoms with Gasteiger partial charge >= 0.3 is 5.97 Å². The molecule has 0 radical (unpaired) electrons. The van der Waals surface area contributed by atoms with Crippen LogP contribution in [0.4, 0.5) is 0 Å². The summed E-state index contributed by atoms with van der Waals surface area (Å²) in [7, 11) is 1.67. The number of hydrogen-bond acceptors (Lipinski definition) is 6. The van der Waals surface area contributed by atoms with Crippen molar-refractivity contribution in [3.8, 4) is 0 Å². The van der Waals surface area contributed by atoms with Gasteiger partial charge in [0.05, 0.1) is 19.8 Å². The van der Waals surface area contributed by atoms with Crippen LogP contribution in [0.15, 0.2) is 0 Å². The quantitative estimate of drug-likeness (QED) is 0.386. The van der Waals surface area contributed by atoms with Crippen LogP contribution in [0.5, 0.6) is 0 Å². The molecule has 0 fully saturated rings. The molecule has 1 atom stereocenters. The van der Waals surface area contributed by atoms with Crippen molar-refractivity contribution in [2.75, 3.05) is 53.3 Å². The second-order valence-electron chi connectivity index (χ2n) is 4.90. The predicted molar refractivity (Wildman–Crippen MR) is 81.5 cm³/mol. The Balaban J connectivity index is 3.76. The summed E-state index contributed by atoms with van der Waals surface area (Å²) in [6.45, 7) is 9.67. The molecule has 1 unspecified atom stereocenters. The minimum absolute atomic E-state index is 0.230. The molecule has 0 aliphatic carbocycles. The molecule has 1 N–H and O–H groups in total. The van der Waals surface area contributed by atoms with Gasteiger partial charge in [0, 0.05) is 26.9 Å². The zero-order chi connectivity index (χ0) is 16.0. The maximum Gasteiger partial charge on any atom is 0.326 e. The third kappa shape index (κ3) is 9.79. The van der Waals surface area contributed by atoms with Crippen molar-refractivity contribution < 1.29 is 23.7 Å². The third-order valence-electron chi connectivity index (χ3n) is 3.05. The highest BCUT2D eigenvalue weighted by atomic mass is 16.5. The molecule has 21 heavy (non-hydrogen) atoms. The lowest BCUT2D eigenvalue weighted by Crippen LogP contribution is -2.51. The van der Waals surface area contributed by atoms with Gasteiger partial charge in [0.1, 0.15) is 5.54 Å². The number of carbonyl (C=O) groups excluding carboxylic acids is 1. The molecule has 0 saturated carbocycles. The van der Waals surface area contributed by atoms with Crippen LogP contribution in [-0.4, -0.2) is 64.8 Å². The molecule has 0 amide bonds. The van der Waals surface area contributed by atoms with Crippen LogP contribution in [-0.2, 0) is 23.7 Å². The average Bonchev–Trinajstić information content (AvgIpc) is 2.46. The zero-order valence-corrected chi connectivity index (χ0v) is 13.9. The highest BCUT2D eigenvalue weighted by molar-refractivity contribution is 5.80. The van der Waals surface area contributed by atoms with E-state index in [1.165, 1.54) is 0 Å². The standard InChI is InChI=1S/C15H31NO5/c1-5-16-15(3,14(17)21-6-2)8-11-20-13-12-19-10-7-9-18-4/h16H,5-13H2,1-4H3. The van der Waals surface area contributed by atoms with Crippen molar-refractivity contribution in [2.24, 2.45) is 0 Å². The van der Waals surface area contributed by atoms with Crippen LogP contribution < -0.4 is 5.32 Å². The summed E-state index contributed by atoms with van der Waals surface area (Å²) in [5, 5.41) is 3.17. The molecule has 0 saturated heterocycles. The second kappa shape index (κ2) is 13.0. The summed E-state index contributed by atoms with van der Waals surface area (Å²) in [5.41, 5.74) is -0.690. The van der Waals surface area contributed by atoms with Crippen LogP contribution in [0.3, 0.4) is 0 Å². The molecule has 0 aliphatic rings. The van der Waals surface area contributed by atoms with E-state index in [2.05, 4.69) is 5.32 Å². The van der Waals surface area contributed by atoms with E-state index in [1.54, 1.807) is 7.11 Å². The Morgan fingerprint density at radius 1 is 1.05 bits per heavy atom. The summed E-state index contributed by atoms with van der Waals surface area (Å²) < 4.78 is 20.9. The lowest BCUT2D eigenvalue weighted by Gasteiger charge is -2.27. The first-order valence-electron chi connectivity index (χ1n) is 7.67. The molecule has 0 rings (SSSR count). The van der Waals surface area contributed by atoms with Gasteiger partial charge in [-0.2, -0.15) is 0 Å². The van der Waals surface area contributed by atoms with E-state index in [0.29, 0.717) is 52.6 Å². The SMILES string of the molecule is CCNC(C)(CCOCCOCCCOC)C(=O)OCC. The van der Waals surface area contributed by atoms with Crippen molar-refractivity contribution in [3.05, 3.63) is 0 Å². The van der Waals surface area contributed by atoms with Gasteiger partial charge in [-0.1, -0.05) is 6.92 Å². The van der Waals surface area contributed by atoms with Crippen LogP contribution in [0.25, 0.3) is 0 Å². The fourth-order valence-corrected chi connectivity index (χ4v) is 1.85. The van der Waals surface area contributed by atoms with E-state index in [9.17, 15) is 4.79 Å². The molecule has 0 heterocycles. The van der Waals surface area contributed by atoms with Crippen LogP contribution in [0.2, 0.25) is 0 Å². The van der Waals surface area contributed by atoms with Gasteiger partial charge < -0.3 is 24.3 Å². The fourth-order valence-electron chi connectivity index (χ4n) is 1.85. The first kappa shape index (κ1) is 20.3. The molecule has 6 nitrogen and oxygen atoms in total. The minimum atomic E-state index is -0.690. The van der Waals surface area contributed by atoms with Gasteiger partial charge in [-0.25, -0.2) is 0 Å². The Morgan fingerprint density at radius 2 is 1.71 bits per heavy atom. The molecule has 0 spiro atoms. The lowest BCUT2D eigenvalue weighted by atomic mass is 9.98. The van der Waals surface area contributed by atoms with E-state index in [1.807, 2.05) is 20.8 Å². The maximum atomic E-state index is 11.9. The lowest BCUT2D eigenvalue weighted by molar-refractivity contribution is -0.151. The van der Waals surface area contributed by atoms with Crippen molar-refractivity contribution in [1.82, 2.24) is 5.32 Å². The smallest absolute Gasteiger partial charge is 0.326 e.